The van der Waals surface area contributed by atoms with Crippen LogP contribution >= 0.6 is 0 Å². The molecule has 0 aliphatic heterocycles. The first-order chi connectivity index (χ1) is 26.1. The average Bonchev–Trinajstić information content (AvgIpc) is 3.68. The maximum atomic E-state index is 2.64. The van der Waals surface area contributed by atoms with Crippen LogP contribution in [0.5, 0.6) is 0 Å². The Hall–Kier alpha value is -5.92. The Morgan fingerprint density at radius 1 is 0.352 bits per heavy atom. The van der Waals surface area contributed by atoms with E-state index in [1.165, 1.54) is 105 Å². The second kappa shape index (κ2) is 10.6. The minimum Gasteiger partial charge on any atom is -0.309 e. The Labute approximate surface area is 318 Å². The van der Waals surface area contributed by atoms with Crippen LogP contribution in [-0.2, 0) is 16.2 Å². The van der Waals surface area contributed by atoms with E-state index in [1.54, 1.807) is 0 Å². The van der Waals surface area contributed by atoms with Gasteiger partial charge in [-0.1, -0.05) is 169 Å². The first-order valence-corrected chi connectivity index (χ1v) is 19.5. The van der Waals surface area contributed by atoms with Gasteiger partial charge in [0.05, 0.1) is 11.4 Å². The third-order valence-electron chi connectivity index (χ3n) is 13.4. The summed E-state index contributed by atoms with van der Waals surface area (Å²) < 4.78 is 0. The van der Waals surface area contributed by atoms with E-state index >= 15 is 0 Å². The average molecular weight is 694 g/mol. The summed E-state index contributed by atoms with van der Waals surface area (Å²) in [4.78, 5) is 2.64. The summed E-state index contributed by atoms with van der Waals surface area (Å²) in [6, 6.07) is 57.6. The van der Waals surface area contributed by atoms with Gasteiger partial charge in [-0.3, -0.25) is 0 Å². The van der Waals surface area contributed by atoms with Gasteiger partial charge >= 0.3 is 0 Å². The predicted octanol–water partition coefficient (Wildman–Crippen LogP) is 14.4. The molecule has 0 heterocycles. The van der Waals surface area contributed by atoms with Crippen LogP contribution in [-0.4, -0.2) is 0 Å². The van der Waals surface area contributed by atoms with Gasteiger partial charge in [0.25, 0.3) is 0 Å². The monoisotopic (exact) mass is 693 g/mol. The number of benzene rings is 8. The lowest BCUT2D eigenvalue weighted by atomic mass is 9.79. The Balaban J connectivity index is 1.32. The lowest BCUT2D eigenvalue weighted by Gasteiger charge is -2.33. The Morgan fingerprint density at radius 2 is 0.759 bits per heavy atom. The fourth-order valence-corrected chi connectivity index (χ4v) is 10.9. The second-order valence-electron chi connectivity index (χ2n) is 17.3. The standard InChI is InChI=1S/C53H43N/c1-51(2)41-24-14-11-21-37(41)40-31-34(27-28-44(40)51)54(45-29-32-17-7-9-19-35(32)49-47(45)38-22-12-15-25-42(38)52(49,3)4)46-30-33-18-8-10-20-36(33)50-48(46)39-23-13-16-26-43(39)53(50,5)6/h7-31H,1-6H3. The number of fused-ring (bicyclic) bond motifs is 13. The third kappa shape index (κ3) is 3.94. The number of rotatable bonds is 3. The van der Waals surface area contributed by atoms with Crippen molar-refractivity contribution in [1.29, 1.82) is 0 Å². The molecule has 0 N–H and O–H groups in total. The van der Waals surface area contributed by atoms with E-state index in [9.17, 15) is 0 Å². The molecular weight excluding hydrogens is 651 g/mol. The Morgan fingerprint density at radius 3 is 1.28 bits per heavy atom. The molecule has 0 saturated carbocycles. The lowest BCUT2D eigenvalue weighted by Crippen LogP contribution is -2.18. The van der Waals surface area contributed by atoms with E-state index in [2.05, 4.69) is 198 Å². The Bertz CT molecular complexity index is 2770. The minimum absolute atomic E-state index is 0.0738. The van der Waals surface area contributed by atoms with Gasteiger partial charge in [-0.2, -0.15) is 0 Å². The second-order valence-corrected chi connectivity index (χ2v) is 17.3. The molecule has 3 aliphatic carbocycles. The van der Waals surface area contributed by atoms with Gasteiger partial charge in [-0.15, -0.1) is 0 Å². The molecule has 11 rings (SSSR count). The quantitative estimate of drug-likeness (QED) is 0.178. The molecule has 0 atom stereocenters. The van der Waals surface area contributed by atoms with Gasteiger partial charge in [0, 0.05) is 33.1 Å². The number of anilines is 3. The number of hydrogen-bond donors (Lipinski definition) is 0. The summed E-state index contributed by atoms with van der Waals surface area (Å²) in [5.41, 5.74) is 19.6. The van der Waals surface area contributed by atoms with Gasteiger partial charge in [0.15, 0.2) is 0 Å². The summed E-state index contributed by atoms with van der Waals surface area (Å²) in [6.07, 6.45) is 0. The molecular formula is C53H43N. The zero-order valence-electron chi connectivity index (χ0n) is 31.9. The van der Waals surface area contributed by atoms with Crippen LogP contribution in [0.2, 0.25) is 0 Å². The third-order valence-corrected chi connectivity index (χ3v) is 13.4. The number of hydrogen-bond acceptors (Lipinski definition) is 1. The van der Waals surface area contributed by atoms with E-state index in [0.717, 1.165) is 0 Å². The Kier molecular flexibility index (Phi) is 6.21. The minimum atomic E-state index is -0.173. The van der Waals surface area contributed by atoms with Crippen molar-refractivity contribution in [2.45, 2.75) is 57.8 Å². The summed E-state index contributed by atoms with van der Waals surface area (Å²) in [6.45, 7) is 14.4. The van der Waals surface area contributed by atoms with Crippen molar-refractivity contribution in [3.63, 3.8) is 0 Å². The van der Waals surface area contributed by atoms with E-state index in [-0.39, 0.29) is 16.2 Å². The van der Waals surface area contributed by atoms with Crippen LogP contribution in [0.1, 0.15) is 74.9 Å². The zero-order chi connectivity index (χ0) is 36.7. The molecule has 0 bridgehead atoms. The highest BCUT2D eigenvalue weighted by molar-refractivity contribution is 6.10. The van der Waals surface area contributed by atoms with Gasteiger partial charge in [-0.25, -0.2) is 0 Å². The number of nitrogens with zero attached hydrogens (tertiary/aromatic N) is 1. The van der Waals surface area contributed by atoms with Crippen LogP contribution < -0.4 is 4.90 Å². The first-order valence-electron chi connectivity index (χ1n) is 19.5. The lowest BCUT2D eigenvalue weighted by molar-refractivity contribution is 0.660. The maximum Gasteiger partial charge on any atom is 0.0549 e. The van der Waals surface area contributed by atoms with Crippen molar-refractivity contribution in [2.24, 2.45) is 0 Å². The smallest absolute Gasteiger partial charge is 0.0549 e. The fraction of sp³-hybridized carbons (Fsp3) is 0.170. The van der Waals surface area contributed by atoms with E-state index in [4.69, 9.17) is 0 Å². The summed E-state index contributed by atoms with van der Waals surface area (Å²) in [5.74, 6) is 0. The molecule has 3 aliphatic rings. The molecule has 0 aromatic heterocycles. The molecule has 54 heavy (non-hydrogen) atoms. The highest BCUT2D eigenvalue weighted by Crippen LogP contribution is 2.61. The molecule has 8 aromatic rings. The largest absolute Gasteiger partial charge is 0.309 e. The van der Waals surface area contributed by atoms with E-state index in [0.29, 0.717) is 0 Å². The van der Waals surface area contributed by atoms with Crippen molar-refractivity contribution in [1.82, 2.24) is 0 Å². The van der Waals surface area contributed by atoms with Crippen LogP contribution in [0, 0.1) is 0 Å². The van der Waals surface area contributed by atoms with Crippen molar-refractivity contribution in [2.75, 3.05) is 4.90 Å². The normalized spacial score (nSPS) is 16.0. The summed E-state index contributed by atoms with van der Waals surface area (Å²) in [5, 5.41) is 5.19. The summed E-state index contributed by atoms with van der Waals surface area (Å²) >= 11 is 0. The van der Waals surface area contributed by atoms with Gasteiger partial charge in [0.1, 0.15) is 0 Å². The molecule has 0 radical (unpaired) electrons. The van der Waals surface area contributed by atoms with E-state index in [1.807, 2.05) is 0 Å². The fourth-order valence-electron chi connectivity index (χ4n) is 10.9. The highest BCUT2D eigenvalue weighted by Gasteiger charge is 2.43. The summed E-state index contributed by atoms with van der Waals surface area (Å²) in [7, 11) is 0. The van der Waals surface area contributed by atoms with Crippen LogP contribution in [0.3, 0.4) is 0 Å². The van der Waals surface area contributed by atoms with Crippen LogP contribution in [0.4, 0.5) is 17.1 Å². The highest BCUT2D eigenvalue weighted by atomic mass is 15.1. The molecule has 0 spiro atoms. The van der Waals surface area contributed by atoms with Crippen molar-refractivity contribution in [3.8, 4) is 33.4 Å². The first kappa shape index (κ1) is 31.6. The van der Waals surface area contributed by atoms with Gasteiger partial charge < -0.3 is 4.90 Å². The van der Waals surface area contributed by atoms with E-state index < -0.39 is 0 Å². The SMILES string of the molecule is CC1(C)c2ccccc2-c2cc(N(c3cc4ccccc4c4c3-c3ccccc3C4(C)C)c3cc4ccccc4c4c3-c3ccccc3C4(C)C)ccc21. The maximum absolute atomic E-state index is 2.64. The van der Waals surface area contributed by atoms with Gasteiger partial charge in [0.2, 0.25) is 0 Å². The zero-order valence-corrected chi connectivity index (χ0v) is 31.9. The topological polar surface area (TPSA) is 3.24 Å². The molecule has 8 aromatic carbocycles. The molecule has 260 valence electrons. The van der Waals surface area contributed by atoms with Gasteiger partial charge in [-0.05, 0) is 101 Å². The predicted molar refractivity (Wildman–Crippen MR) is 229 cm³/mol. The van der Waals surface area contributed by atoms with Crippen molar-refractivity contribution < 1.29 is 0 Å². The molecule has 0 amide bonds. The van der Waals surface area contributed by atoms with Crippen molar-refractivity contribution >= 4 is 38.6 Å². The molecule has 0 unspecified atom stereocenters. The molecule has 1 heteroatoms. The molecule has 0 fully saturated rings. The molecule has 0 saturated heterocycles. The molecule has 1 nitrogen and oxygen atoms in total. The van der Waals surface area contributed by atoms with Crippen LogP contribution in [0.25, 0.3) is 54.9 Å². The van der Waals surface area contributed by atoms with Crippen LogP contribution in [0.15, 0.2) is 152 Å². The van der Waals surface area contributed by atoms with Crippen molar-refractivity contribution in [3.05, 3.63) is 185 Å².